The highest BCUT2D eigenvalue weighted by Crippen LogP contribution is 2.20. The van der Waals surface area contributed by atoms with E-state index in [1.807, 2.05) is 31.2 Å². The summed E-state index contributed by atoms with van der Waals surface area (Å²) in [5.41, 5.74) is 2.02. The van der Waals surface area contributed by atoms with Gasteiger partial charge in [0.1, 0.15) is 11.9 Å². The van der Waals surface area contributed by atoms with E-state index < -0.39 is 10.0 Å². The van der Waals surface area contributed by atoms with Crippen LogP contribution in [0.15, 0.2) is 54.2 Å². The highest BCUT2D eigenvalue weighted by Gasteiger charge is 2.28. The van der Waals surface area contributed by atoms with E-state index in [-0.39, 0.29) is 6.10 Å². The first-order valence-corrected chi connectivity index (χ1v) is 9.85. The van der Waals surface area contributed by atoms with Crippen molar-refractivity contribution in [1.29, 1.82) is 0 Å². The Balaban J connectivity index is 1.66. The SMILES string of the molecule is Cc1ccc(/C=C/S(=O)(=O)N2CCCC(Oc3ccncc3)C2)cc1. The summed E-state index contributed by atoms with van der Waals surface area (Å²) in [6, 6.07) is 11.3. The summed E-state index contributed by atoms with van der Waals surface area (Å²) in [7, 11) is -3.46. The number of aryl methyl sites for hydroxylation is 1. The predicted octanol–water partition coefficient (Wildman–Crippen LogP) is 3.23. The molecule has 1 fully saturated rings. The van der Waals surface area contributed by atoms with Crippen molar-refractivity contribution in [2.45, 2.75) is 25.9 Å². The number of ether oxygens (including phenoxy) is 1. The van der Waals surface area contributed by atoms with Gasteiger partial charge >= 0.3 is 0 Å². The summed E-state index contributed by atoms with van der Waals surface area (Å²) in [5, 5.41) is 1.28. The lowest BCUT2D eigenvalue weighted by Crippen LogP contribution is -2.43. The van der Waals surface area contributed by atoms with Crippen LogP contribution in [-0.4, -0.2) is 36.9 Å². The lowest BCUT2D eigenvalue weighted by atomic mass is 10.1. The van der Waals surface area contributed by atoms with Crippen molar-refractivity contribution in [1.82, 2.24) is 9.29 Å². The Morgan fingerprint density at radius 2 is 1.88 bits per heavy atom. The Labute approximate surface area is 149 Å². The maximum absolute atomic E-state index is 12.6. The molecule has 2 heterocycles. The average Bonchev–Trinajstić information content (AvgIpc) is 2.62. The number of hydrogen-bond donors (Lipinski definition) is 0. The van der Waals surface area contributed by atoms with Gasteiger partial charge in [-0.1, -0.05) is 29.8 Å². The normalized spacial score (nSPS) is 19.2. The third kappa shape index (κ3) is 4.90. The molecule has 0 bridgehead atoms. The van der Waals surface area contributed by atoms with Crippen LogP contribution in [0.4, 0.5) is 0 Å². The van der Waals surface area contributed by atoms with Crippen LogP contribution in [0.5, 0.6) is 5.75 Å². The van der Waals surface area contributed by atoms with Gasteiger partial charge < -0.3 is 4.74 Å². The molecule has 5 nitrogen and oxygen atoms in total. The van der Waals surface area contributed by atoms with E-state index in [9.17, 15) is 8.42 Å². The van der Waals surface area contributed by atoms with Gasteiger partial charge in [0.25, 0.3) is 0 Å². The minimum atomic E-state index is -3.46. The molecule has 1 aromatic heterocycles. The van der Waals surface area contributed by atoms with Gasteiger partial charge in [0, 0.05) is 24.3 Å². The summed E-state index contributed by atoms with van der Waals surface area (Å²) in [5.74, 6) is 0.717. The Bertz CT molecular complexity index is 818. The molecule has 0 saturated carbocycles. The summed E-state index contributed by atoms with van der Waals surface area (Å²) < 4.78 is 32.6. The molecular weight excluding hydrogens is 336 g/mol. The van der Waals surface area contributed by atoms with Crippen molar-refractivity contribution < 1.29 is 13.2 Å². The molecule has 1 aliphatic heterocycles. The second-order valence-electron chi connectivity index (χ2n) is 6.18. The van der Waals surface area contributed by atoms with Gasteiger partial charge in [-0.25, -0.2) is 8.42 Å². The first kappa shape index (κ1) is 17.6. The Morgan fingerprint density at radius 3 is 2.60 bits per heavy atom. The number of hydrogen-bond acceptors (Lipinski definition) is 4. The number of aromatic nitrogens is 1. The molecule has 3 rings (SSSR count). The molecule has 0 N–H and O–H groups in total. The molecular formula is C19H22N2O3S. The fourth-order valence-electron chi connectivity index (χ4n) is 2.77. The van der Waals surface area contributed by atoms with Crippen molar-refractivity contribution in [3.05, 3.63) is 65.3 Å². The standard InChI is InChI=1S/C19H22N2O3S/c1-16-4-6-17(7-5-16)10-14-25(22,23)21-13-2-3-19(15-21)24-18-8-11-20-12-9-18/h4-12,14,19H,2-3,13,15H2,1H3/b14-10+. The molecule has 2 aromatic rings. The van der Waals surface area contributed by atoms with Gasteiger partial charge in [-0.05, 0) is 43.5 Å². The average molecular weight is 358 g/mol. The van der Waals surface area contributed by atoms with Gasteiger partial charge in [0.15, 0.2) is 0 Å². The zero-order valence-corrected chi connectivity index (χ0v) is 15.0. The first-order valence-electron chi connectivity index (χ1n) is 8.34. The smallest absolute Gasteiger partial charge is 0.236 e. The second-order valence-corrected chi connectivity index (χ2v) is 8.00. The van der Waals surface area contributed by atoms with E-state index in [1.54, 1.807) is 30.6 Å². The van der Waals surface area contributed by atoms with Crippen LogP contribution in [0.2, 0.25) is 0 Å². The third-order valence-electron chi connectivity index (χ3n) is 4.16. The maximum Gasteiger partial charge on any atom is 0.236 e. The molecule has 25 heavy (non-hydrogen) atoms. The van der Waals surface area contributed by atoms with Crippen LogP contribution in [0.1, 0.15) is 24.0 Å². The number of sulfonamides is 1. The fourth-order valence-corrected chi connectivity index (χ4v) is 4.03. The largest absolute Gasteiger partial charge is 0.489 e. The van der Waals surface area contributed by atoms with Crippen LogP contribution >= 0.6 is 0 Å². The molecule has 6 heteroatoms. The number of benzene rings is 1. The molecule has 0 spiro atoms. The monoisotopic (exact) mass is 358 g/mol. The topological polar surface area (TPSA) is 59.5 Å². The van der Waals surface area contributed by atoms with E-state index >= 15 is 0 Å². The molecule has 1 saturated heterocycles. The van der Waals surface area contributed by atoms with E-state index in [4.69, 9.17) is 4.74 Å². The maximum atomic E-state index is 12.6. The van der Waals surface area contributed by atoms with Crippen molar-refractivity contribution >= 4 is 16.1 Å². The van der Waals surface area contributed by atoms with Crippen LogP contribution in [0.25, 0.3) is 6.08 Å². The molecule has 0 radical (unpaired) electrons. The molecule has 0 aliphatic carbocycles. The summed E-state index contributed by atoms with van der Waals surface area (Å²) in [6.45, 7) is 2.89. The number of piperidine rings is 1. The molecule has 1 unspecified atom stereocenters. The lowest BCUT2D eigenvalue weighted by molar-refractivity contribution is 0.130. The molecule has 1 aromatic carbocycles. The van der Waals surface area contributed by atoms with Crippen molar-refractivity contribution in [2.24, 2.45) is 0 Å². The summed E-state index contributed by atoms with van der Waals surface area (Å²) >= 11 is 0. The van der Waals surface area contributed by atoms with Gasteiger partial charge in [0.05, 0.1) is 6.54 Å². The number of pyridine rings is 1. The Kier molecular flexibility index (Phi) is 5.50. The minimum Gasteiger partial charge on any atom is -0.489 e. The lowest BCUT2D eigenvalue weighted by Gasteiger charge is -2.31. The highest BCUT2D eigenvalue weighted by molar-refractivity contribution is 7.92. The quantitative estimate of drug-likeness (QED) is 0.823. The molecule has 0 amide bonds. The van der Waals surface area contributed by atoms with E-state index in [0.29, 0.717) is 13.1 Å². The van der Waals surface area contributed by atoms with E-state index in [0.717, 1.165) is 29.7 Å². The molecule has 1 atom stereocenters. The van der Waals surface area contributed by atoms with Crippen molar-refractivity contribution in [2.75, 3.05) is 13.1 Å². The highest BCUT2D eigenvalue weighted by atomic mass is 32.2. The Morgan fingerprint density at radius 1 is 1.16 bits per heavy atom. The number of rotatable bonds is 5. The van der Waals surface area contributed by atoms with Crippen LogP contribution < -0.4 is 4.74 Å². The number of nitrogens with zero attached hydrogens (tertiary/aromatic N) is 2. The van der Waals surface area contributed by atoms with Crippen molar-refractivity contribution in [3.63, 3.8) is 0 Å². The molecule has 1 aliphatic rings. The van der Waals surface area contributed by atoms with Gasteiger partial charge in [-0.3, -0.25) is 4.98 Å². The third-order valence-corrected chi connectivity index (χ3v) is 5.69. The van der Waals surface area contributed by atoms with Crippen LogP contribution in [0.3, 0.4) is 0 Å². The molecule has 132 valence electrons. The van der Waals surface area contributed by atoms with Crippen LogP contribution in [-0.2, 0) is 10.0 Å². The summed E-state index contributed by atoms with van der Waals surface area (Å²) in [4.78, 5) is 3.96. The van der Waals surface area contributed by atoms with Gasteiger partial charge in [-0.15, -0.1) is 0 Å². The Hall–Kier alpha value is -2.18. The van der Waals surface area contributed by atoms with E-state index in [2.05, 4.69) is 4.98 Å². The first-order chi connectivity index (χ1) is 12.0. The van der Waals surface area contributed by atoms with Crippen LogP contribution in [0, 0.1) is 6.92 Å². The van der Waals surface area contributed by atoms with Gasteiger partial charge in [-0.2, -0.15) is 4.31 Å². The minimum absolute atomic E-state index is 0.140. The zero-order chi connectivity index (χ0) is 17.7. The zero-order valence-electron chi connectivity index (χ0n) is 14.2. The van der Waals surface area contributed by atoms with E-state index in [1.165, 1.54) is 9.71 Å². The van der Waals surface area contributed by atoms with Gasteiger partial charge in [0.2, 0.25) is 10.0 Å². The second kappa shape index (κ2) is 7.80. The summed E-state index contributed by atoms with van der Waals surface area (Å²) in [6.07, 6.45) is 6.46. The predicted molar refractivity (Wildman–Crippen MR) is 98.6 cm³/mol. The fraction of sp³-hybridized carbons (Fsp3) is 0.316. The van der Waals surface area contributed by atoms with Crippen molar-refractivity contribution in [3.8, 4) is 5.75 Å².